The fraction of sp³-hybridized carbons (Fsp3) is 1.00. The van der Waals surface area contributed by atoms with Crippen LogP contribution in [0.1, 0.15) is 53.9 Å². The fourth-order valence-corrected chi connectivity index (χ4v) is 2.60. The van der Waals surface area contributed by atoms with Crippen molar-refractivity contribution in [3.63, 3.8) is 0 Å². The lowest BCUT2D eigenvalue weighted by molar-refractivity contribution is 0.378. The van der Waals surface area contributed by atoms with Crippen molar-refractivity contribution in [2.24, 2.45) is 5.41 Å². The molecule has 0 unspecified atom stereocenters. The molecule has 0 saturated carbocycles. The summed E-state index contributed by atoms with van der Waals surface area (Å²) in [5.74, 6) is 0.233. The summed E-state index contributed by atoms with van der Waals surface area (Å²) in [6.07, 6.45) is 2.48. The monoisotopic (exact) mass is 278 g/mol. The van der Waals surface area contributed by atoms with Gasteiger partial charge in [0, 0.05) is 12.6 Å². The Morgan fingerprint density at radius 2 is 1.67 bits per heavy atom. The molecular weight excluding hydrogens is 248 g/mol. The van der Waals surface area contributed by atoms with Gasteiger partial charge in [-0.25, -0.2) is 13.1 Å². The number of hydrogen-bond donors (Lipinski definition) is 2. The summed E-state index contributed by atoms with van der Waals surface area (Å²) in [6.45, 7) is 11.9. The van der Waals surface area contributed by atoms with Gasteiger partial charge in [-0.05, 0) is 31.2 Å². The highest BCUT2D eigenvalue weighted by atomic mass is 32.2. The maximum Gasteiger partial charge on any atom is 0.211 e. The van der Waals surface area contributed by atoms with Gasteiger partial charge in [0.1, 0.15) is 0 Å². The van der Waals surface area contributed by atoms with Crippen LogP contribution >= 0.6 is 0 Å². The van der Waals surface area contributed by atoms with Gasteiger partial charge in [0.15, 0.2) is 0 Å². The molecule has 4 nitrogen and oxygen atoms in total. The van der Waals surface area contributed by atoms with Crippen LogP contribution in [-0.2, 0) is 10.0 Å². The minimum atomic E-state index is -3.08. The van der Waals surface area contributed by atoms with Gasteiger partial charge < -0.3 is 5.32 Å². The third kappa shape index (κ3) is 12.3. The van der Waals surface area contributed by atoms with Crippen molar-refractivity contribution < 1.29 is 8.42 Å². The maximum atomic E-state index is 11.7. The molecule has 0 aliphatic heterocycles. The van der Waals surface area contributed by atoms with Crippen LogP contribution in [0.25, 0.3) is 0 Å². The lowest BCUT2D eigenvalue weighted by Crippen LogP contribution is -2.30. The Morgan fingerprint density at radius 3 is 2.17 bits per heavy atom. The molecule has 0 fully saturated rings. The van der Waals surface area contributed by atoms with Crippen LogP contribution in [0.15, 0.2) is 0 Å². The standard InChI is InChI=1S/C13H30N2O2S/c1-12(2)14-9-6-7-11-18(16,17)15-10-8-13(3,4)5/h12,14-15H,6-11H2,1-5H3. The fourth-order valence-electron chi connectivity index (χ4n) is 1.46. The van der Waals surface area contributed by atoms with Crippen LogP contribution in [0.2, 0.25) is 0 Å². The van der Waals surface area contributed by atoms with E-state index < -0.39 is 10.0 Å². The zero-order valence-electron chi connectivity index (χ0n) is 12.5. The molecule has 0 aliphatic rings. The quantitative estimate of drug-likeness (QED) is 0.635. The van der Waals surface area contributed by atoms with Crippen LogP contribution < -0.4 is 10.0 Å². The van der Waals surface area contributed by atoms with Crippen molar-refractivity contribution in [2.75, 3.05) is 18.8 Å². The Kier molecular flexibility index (Phi) is 8.06. The van der Waals surface area contributed by atoms with E-state index in [9.17, 15) is 8.42 Å². The molecule has 18 heavy (non-hydrogen) atoms. The van der Waals surface area contributed by atoms with Crippen LogP contribution in [0.5, 0.6) is 0 Å². The van der Waals surface area contributed by atoms with Crippen molar-refractivity contribution in [3.05, 3.63) is 0 Å². The summed E-state index contributed by atoms with van der Waals surface area (Å²) in [5, 5.41) is 3.28. The number of sulfonamides is 1. The van der Waals surface area contributed by atoms with E-state index in [4.69, 9.17) is 0 Å². The lowest BCUT2D eigenvalue weighted by Gasteiger charge is -2.18. The Balaban J connectivity index is 3.68. The molecular formula is C13H30N2O2S. The number of hydrogen-bond acceptors (Lipinski definition) is 3. The van der Waals surface area contributed by atoms with Gasteiger partial charge in [-0.15, -0.1) is 0 Å². The molecule has 0 saturated heterocycles. The molecule has 0 atom stereocenters. The van der Waals surface area contributed by atoms with E-state index in [0.29, 0.717) is 19.0 Å². The third-order valence-corrected chi connectivity index (χ3v) is 4.06. The first-order chi connectivity index (χ1) is 8.12. The highest BCUT2D eigenvalue weighted by Gasteiger charge is 2.13. The SMILES string of the molecule is CC(C)NCCCCS(=O)(=O)NCCC(C)(C)C. The van der Waals surface area contributed by atoms with E-state index in [1.54, 1.807) is 0 Å². The summed E-state index contributed by atoms with van der Waals surface area (Å²) in [6, 6.07) is 0.464. The number of nitrogens with one attached hydrogen (secondary N) is 2. The van der Waals surface area contributed by atoms with Crippen LogP contribution in [0.4, 0.5) is 0 Å². The molecule has 0 amide bonds. The molecule has 2 N–H and O–H groups in total. The highest BCUT2D eigenvalue weighted by molar-refractivity contribution is 7.89. The zero-order valence-corrected chi connectivity index (χ0v) is 13.4. The van der Waals surface area contributed by atoms with Crippen LogP contribution in [0.3, 0.4) is 0 Å². The van der Waals surface area contributed by atoms with Gasteiger partial charge in [-0.1, -0.05) is 34.6 Å². The van der Waals surface area contributed by atoms with E-state index in [-0.39, 0.29) is 11.2 Å². The Bertz CT molecular complexity index is 305. The largest absolute Gasteiger partial charge is 0.315 e. The summed E-state index contributed by atoms with van der Waals surface area (Å²) in [7, 11) is -3.08. The van der Waals surface area contributed by atoms with Gasteiger partial charge in [-0.2, -0.15) is 0 Å². The first-order valence-electron chi connectivity index (χ1n) is 6.83. The van der Waals surface area contributed by atoms with Gasteiger partial charge in [-0.3, -0.25) is 0 Å². The summed E-state index contributed by atoms with van der Waals surface area (Å²) < 4.78 is 26.0. The van der Waals surface area contributed by atoms with Crippen molar-refractivity contribution in [1.82, 2.24) is 10.0 Å². The third-order valence-electron chi connectivity index (χ3n) is 2.59. The number of rotatable bonds is 9. The van der Waals surface area contributed by atoms with E-state index in [2.05, 4.69) is 44.7 Å². The molecule has 5 heteroatoms. The normalized spacial score (nSPS) is 13.2. The Labute approximate surface area is 113 Å². The summed E-state index contributed by atoms with van der Waals surface area (Å²) >= 11 is 0. The summed E-state index contributed by atoms with van der Waals surface area (Å²) in [4.78, 5) is 0. The molecule has 0 bridgehead atoms. The predicted molar refractivity (Wildman–Crippen MR) is 78.2 cm³/mol. The highest BCUT2D eigenvalue weighted by Crippen LogP contribution is 2.17. The second-order valence-electron chi connectivity index (χ2n) is 6.34. The molecule has 0 aliphatic carbocycles. The first kappa shape index (κ1) is 17.9. The molecule has 110 valence electrons. The molecule has 0 heterocycles. The molecule has 0 aromatic rings. The summed E-state index contributed by atoms with van der Waals surface area (Å²) in [5.41, 5.74) is 0.170. The molecule has 0 aromatic carbocycles. The van der Waals surface area contributed by atoms with Crippen LogP contribution in [-0.4, -0.2) is 33.3 Å². The van der Waals surface area contributed by atoms with Crippen molar-refractivity contribution >= 4 is 10.0 Å². The van der Waals surface area contributed by atoms with E-state index >= 15 is 0 Å². The van der Waals surface area contributed by atoms with Crippen molar-refractivity contribution in [3.8, 4) is 0 Å². The average Bonchev–Trinajstić information content (AvgIpc) is 2.13. The second kappa shape index (κ2) is 8.12. The van der Waals surface area contributed by atoms with E-state index in [1.807, 2.05) is 0 Å². The van der Waals surface area contributed by atoms with Crippen molar-refractivity contribution in [2.45, 2.75) is 59.9 Å². The minimum Gasteiger partial charge on any atom is -0.315 e. The molecule has 0 aromatic heterocycles. The van der Waals surface area contributed by atoms with Gasteiger partial charge in [0.25, 0.3) is 0 Å². The van der Waals surface area contributed by atoms with Gasteiger partial charge >= 0.3 is 0 Å². The maximum absolute atomic E-state index is 11.7. The Morgan fingerprint density at radius 1 is 1.06 bits per heavy atom. The van der Waals surface area contributed by atoms with Crippen LogP contribution in [0, 0.1) is 5.41 Å². The van der Waals surface area contributed by atoms with E-state index in [0.717, 1.165) is 19.4 Å². The molecule has 0 spiro atoms. The zero-order chi connectivity index (χ0) is 14.2. The van der Waals surface area contributed by atoms with Gasteiger partial charge in [0.2, 0.25) is 10.0 Å². The molecule has 0 radical (unpaired) electrons. The van der Waals surface area contributed by atoms with Gasteiger partial charge in [0.05, 0.1) is 5.75 Å². The Hall–Kier alpha value is -0.130. The van der Waals surface area contributed by atoms with E-state index in [1.165, 1.54) is 0 Å². The number of unbranched alkanes of at least 4 members (excludes halogenated alkanes) is 1. The predicted octanol–water partition coefficient (Wildman–Crippen LogP) is 2.12. The lowest BCUT2D eigenvalue weighted by atomic mass is 9.93. The topological polar surface area (TPSA) is 58.2 Å². The second-order valence-corrected chi connectivity index (χ2v) is 8.27. The average molecular weight is 278 g/mol. The minimum absolute atomic E-state index is 0.170. The first-order valence-corrected chi connectivity index (χ1v) is 8.48. The molecule has 0 rings (SSSR count). The van der Waals surface area contributed by atoms with Crippen molar-refractivity contribution in [1.29, 1.82) is 0 Å². The smallest absolute Gasteiger partial charge is 0.211 e.